The molecule has 0 aliphatic carbocycles. The maximum Gasteiger partial charge on any atom is 0.301 e. The molecular formula is C20H12N4O4S3. The monoisotopic (exact) mass is 468 g/mol. The Kier molecular flexibility index (Phi) is 5.14. The molecule has 0 bridgehead atoms. The van der Waals surface area contributed by atoms with Crippen LogP contribution in [0.15, 0.2) is 79.0 Å². The van der Waals surface area contributed by atoms with Crippen LogP contribution in [0.3, 0.4) is 0 Å². The zero-order valence-electron chi connectivity index (χ0n) is 15.6. The Balaban J connectivity index is 1.70. The topological polar surface area (TPSA) is 104 Å². The van der Waals surface area contributed by atoms with Crippen molar-refractivity contribution in [1.29, 1.82) is 0 Å². The van der Waals surface area contributed by atoms with Gasteiger partial charge in [0.05, 0.1) is 23.1 Å². The first-order valence-corrected chi connectivity index (χ1v) is 11.5. The minimum atomic E-state index is -0.497. The molecule has 0 aliphatic heterocycles. The summed E-state index contributed by atoms with van der Waals surface area (Å²) in [4.78, 5) is 34.9. The molecule has 0 spiro atoms. The second kappa shape index (κ2) is 8.10. The highest BCUT2D eigenvalue weighted by atomic mass is 32.2. The van der Waals surface area contributed by atoms with Crippen molar-refractivity contribution in [1.82, 2.24) is 14.5 Å². The molecule has 0 saturated heterocycles. The van der Waals surface area contributed by atoms with E-state index in [1.165, 1.54) is 40.5 Å². The Morgan fingerprint density at radius 1 is 1.19 bits per heavy atom. The number of furan rings is 1. The van der Waals surface area contributed by atoms with Gasteiger partial charge in [0, 0.05) is 28.1 Å². The lowest BCUT2D eigenvalue weighted by Crippen LogP contribution is -2.23. The Morgan fingerprint density at radius 3 is 2.84 bits per heavy atom. The predicted octanol–water partition coefficient (Wildman–Crippen LogP) is 5.28. The molecule has 8 nitrogen and oxygen atoms in total. The summed E-state index contributed by atoms with van der Waals surface area (Å²) in [5.74, 6) is 0.577. The summed E-state index contributed by atoms with van der Waals surface area (Å²) in [5, 5.41) is 16.3. The molecule has 0 amide bonds. The molecule has 0 unspecified atom stereocenters. The molecule has 11 heteroatoms. The normalized spacial score (nSPS) is 11.2. The Labute approximate surface area is 187 Å². The summed E-state index contributed by atoms with van der Waals surface area (Å²) in [6.07, 6.45) is 3.01. The Hall–Kier alpha value is -3.28. The SMILES string of the molecule is O=c1c2c(-c3cccs3)csc2nc(Sc2ncccc2[N+](=O)[O-])n1Cc1ccco1. The number of nitrogens with zero attached hydrogens (tertiary/aromatic N) is 4. The van der Waals surface area contributed by atoms with Crippen LogP contribution in [0.25, 0.3) is 20.7 Å². The highest BCUT2D eigenvalue weighted by Gasteiger charge is 2.22. The number of hydrogen-bond donors (Lipinski definition) is 0. The van der Waals surface area contributed by atoms with Crippen molar-refractivity contribution >= 4 is 50.3 Å². The van der Waals surface area contributed by atoms with E-state index in [9.17, 15) is 14.9 Å². The summed E-state index contributed by atoms with van der Waals surface area (Å²) in [7, 11) is 0. The van der Waals surface area contributed by atoms with Crippen LogP contribution in [-0.2, 0) is 6.54 Å². The first-order chi connectivity index (χ1) is 15.1. The number of hydrogen-bond acceptors (Lipinski definition) is 9. The van der Waals surface area contributed by atoms with Crippen molar-refractivity contribution in [3.63, 3.8) is 0 Å². The van der Waals surface area contributed by atoms with Gasteiger partial charge in [-0.25, -0.2) is 9.97 Å². The summed E-state index contributed by atoms with van der Waals surface area (Å²) in [6, 6.07) is 10.3. The summed E-state index contributed by atoms with van der Waals surface area (Å²) < 4.78 is 6.92. The second-order valence-electron chi connectivity index (χ2n) is 6.36. The van der Waals surface area contributed by atoms with Gasteiger partial charge in [0.15, 0.2) is 10.2 Å². The third kappa shape index (κ3) is 3.67. The van der Waals surface area contributed by atoms with Gasteiger partial charge in [0.2, 0.25) is 0 Å². The van der Waals surface area contributed by atoms with E-state index in [0.717, 1.165) is 22.2 Å². The molecule has 31 heavy (non-hydrogen) atoms. The van der Waals surface area contributed by atoms with E-state index in [-0.39, 0.29) is 22.8 Å². The van der Waals surface area contributed by atoms with E-state index >= 15 is 0 Å². The zero-order valence-corrected chi connectivity index (χ0v) is 18.1. The third-order valence-corrected chi connectivity index (χ3v) is 7.25. The Bertz CT molecular complexity index is 1440. The summed E-state index contributed by atoms with van der Waals surface area (Å²) >= 11 is 3.91. The average Bonchev–Trinajstić information content (AvgIpc) is 3.52. The van der Waals surface area contributed by atoms with Gasteiger partial charge < -0.3 is 4.42 Å². The molecule has 5 aromatic rings. The van der Waals surface area contributed by atoms with Crippen molar-refractivity contribution in [3.05, 3.63) is 85.8 Å². The standard InChI is InChI=1S/C20H12N4O4S3/c25-19-16-13(15-6-3-9-29-15)11-30-18(16)22-20(23(19)10-12-4-2-8-28-12)31-17-14(24(26)27)5-1-7-21-17/h1-9,11H,10H2. The molecule has 5 heterocycles. The van der Waals surface area contributed by atoms with Crippen molar-refractivity contribution in [3.8, 4) is 10.4 Å². The van der Waals surface area contributed by atoms with E-state index in [1.54, 1.807) is 23.5 Å². The number of aromatic nitrogens is 3. The van der Waals surface area contributed by atoms with Gasteiger partial charge in [-0.2, -0.15) is 0 Å². The molecule has 0 fully saturated rings. The van der Waals surface area contributed by atoms with E-state index in [1.807, 2.05) is 22.9 Å². The number of fused-ring (bicyclic) bond motifs is 1. The quantitative estimate of drug-likeness (QED) is 0.190. The average molecular weight is 469 g/mol. The summed E-state index contributed by atoms with van der Waals surface area (Å²) in [5.41, 5.74) is 0.463. The van der Waals surface area contributed by atoms with Gasteiger partial charge in [-0.15, -0.1) is 22.7 Å². The number of rotatable bonds is 6. The molecule has 0 aliphatic rings. The third-order valence-electron chi connectivity index (χ3n) is 4.48. The molecule has 154 valence electrons. The maximum atomic E-state index is 13.6. The number of thiophene rings is 2. The highest BCUT2D eigenvalue weighted by molar-refractivity contribution is 7.99. The number of pyridine rings is 1. The predicted molar refractivity (Wildman–Crippen MR) is 120 cm³/mol. The van der Waals surface area contributed by atoms with Crippen molar-refractivity contribution in [2.75, 3.05) is 0 Å². The van der Waals surface area contributed by atoms with Crippen molar-refractivity contribution in [2.45, 2.75) is 16.7 Å². The van der Waals surface area contributed by atoms with Crippen molar-refractivity contribution < 1.29 is 9.34 Å². The lowest BCUT2D eigenvalue weighted by Gasteiger charge is -2.11. The van der Waals surface area contributed by atoms with Crippen LogP contribution in [-0.4, -0.2) is 19.5 Å². The minimum absolute atomic E-state index is 0.142. The van der Waals surface area contributed by atoms with Gasteiger partial charge in [-0.3, -0.25) is 19.5 Å². The van der Waals surface area contributed by atoms with Crippen LogP contribution in [0, 0.1) is 10.1 Å². The van der Waals surface area contributed by atoms with Gasteiger partial charge in [0.25, 0.3) is 5.56 Å². The fraction of sp³-hybridized carbons (Fsp3) is 0.0500. The van der Waals surface area contributed by atoms with Gasteiger partial charge >= 0.3 is 5.69 Å². The largest absolute Gasteiger partial charge is 0.467 e. The van der Waals surface area contributed by atoms with Crippen LogP contribution < -0.4 is 5.56 Å². The van der Waals surface area contributed by atoms with Gasteiger partial charge in [-0.05, 0) is 41.4 Å². The van der Waals surface area contributed by atoms with Gasteiger partial charge in [0.1, 0.15) is 10.6 Å². The molecule has 0 atom stereocenters. The van der Waals surface area contributed by atoms with E-state index in [0.29, 0.717) is 21.1 Å². The molecule has 0 N–H and O–H groups in total. The highest BCUT2D eigenvalue weighted by Crippen LogP contribution is 2.37. The van der Waals surface area contributed by atoms with Crippen LogP contribution in [0.5, 0.6) is 0 Å². The first-order valence-electron chi connectivity index (χ1n) is 8.97. The molecule has 0 saturated carbocycles. The van der Waals surface area contributed by atoms with E-state index in [2.05, 4.69) is 9.97 Å². The lowest BCUT2D eigenvalue weighted by molar-refractivity contribution is -0.388. The van der Waals surface area contributed by atoms with E-state index in [4.69, 9.17) is 4.42 Å². The minimum Gasteiger partial charge on any atom is -0.467 e. The summed E-state index contributed by atoms with van der Waals surface area (Å²) in [6.45, 7) is 0.150. The fourth-order valence-corrected chi connectivity index (χ4v) is 5.82. The zero-order chi connectivity index (χ0) is 21.4. The van der Waals surface area contributed by atoms with Crippen LogP contribution in [0.2, 0.25) is 0 Å². The van der Waals surface area contributed by atoms with Gasteiger partial charge in [-0.1, -0.05) is 6.07 Å². The van der Waals surface area contributed by atoms with Crippen LogP contribution >= 0.6 is 34.4 Å². The van der Waals surface area contributed by atoms with Crippen LogP contribution in [0.1, 0.15) is 5.76 Å². The first kappa shape index (κ1) is 19.7. The molecule has 5 rings (SSSR count). The Morgan fingerprint density at radius 2 is 2.10 bits per heavy atom. The lowest BCUT2D eigenvalue weighted by atomic mass is 10.2. The second-order valence-corrected chi connectivity index (χ2v) is 9.12. The molecular weight excluding hydrogens is 456 g/mol. The molecule has 0 aromatic carbocycles. The van der Waals surface area contributed by atoms with Crippen LogP contribution in [0.4, 0.5) is 5.69 Å². The molecule has 0 radical (unpaired) electrons. The molecule has 5 aromatic heterocycles. The number of nitro groups is 1. The smallest absolute Gasteiger partial charge is 0.301 e. The fourth-order valence-electron chi connectivity index (χ4n) is 3.08. The maximum absolute atomic E-state index is 13.6. The van der Waals surface area contributed by atoms with E-state index < -0.39 is 4.92 Å². The van der Waals surface area contributed by atoms with Crippen molar-refractivity contribution in [2.24, 2.45) is 0 Å².